The van der Waals surface area contributed by atoms with E-state index in [4.69, 9.17) is 9.72 Å². The minimum absolute atomic E-state index is 0.0112. The first-order valence-corrected chi connectivity index (χ1v) is 11.3. The van der Waals surface area contributed by atoms with Crippen molar-refractivity contribution in [2.45, 2.75) is 56.5 Å². The van der Waals surface area contributed by atoms with E-state index in [1.54, 1.807) is 6.20 Å². The highest BCUT2D eigenvalue weighted by atomic mass is 16.5. The van der Waals surface area contributed by atoms with Gasteiger partial charge in [0.25, 0.3) is 5.56 Å². The summed E-state index contributed by atoms with van der Waals surface area (Å²) >= 11 is 0. The highest BCUT2D eigenvalue weighted by molar-refractivity contribution is 5.73. The van der Waals surface area contributed by atoms with Crippen LogP contribution in [0.15, 0.2) is 23.4 Å². The van der Waals surface area contributed by atoms with E-state index in [0.717, 1.165) is 45.0 Å². The zero-order valence-corrected chi connectivity index (χ0v) is 17.7. The zero-order chi connectivity index (χ0) is 20.9. The van der Waals surface area contributed by atoms with Gasteiger partial charge in [-0.25, -0.2) is 19.6 Å². The van der Waals surface area contributed by atoms with Crippen LogP contribution in [-0.4, -0.2) is 60.9 Å². The quantitative estimate of drug-likeness (QED) is 0.674. The standard InChI is InChI=1S/C22H27N7O2/c1-13(28-11-16(12-28)20-23-8-15(9-24-20)14-2-3-14)19-26-21-18(22(30)27-19)10-25-29(21)17-4-6-31-7-5-17/h8-10,13-14,16-17H,2-7,11-12H2,1H3,(H,26,27,30)/t13-/m1/s1. The SMILES string of the molecule is C[C@H](c1nc2c(cnn2C2CCOCC2)c(=O)[nH]1)N1CC(c2ncc(C3CC3)cn2)C1. The lowest BCUT2D eigenvalue weighted by Gasteiger charge is -2.41. The smallest absolute Gasteiger partial charge is 0.262 e. The van der Waals surface area contributed by atoms with E-state index in [1.165, 1.54) is 18.4 Å². The highest BCUT2D eigenvalue weighted by Crippen LogP contribution is 2.40. The van der Waals surface area contributed by atoms with Gasteiger partial charge in [0.1, 0.15) is 17.0 Å². The molecule has 3 aromatic heterocycles. The van der Waals surface area contributed by atoms with Crippen LogP contribution in [0.4, 0.5) is 0 Å². The van der Waals surface area contributed by atoms with Crippen LogP contribution in [0.2, 0.25) is 0 Å². The van der Waals surface area contributed by atoms with Gasteiger partial charge < -0.3 is 9.72 Å². The molecule has 0 unspecified atom stereocenters. The van der Waals surface area contributed by atoms with Crippen molar-refractivity contribution in [3.63, 3.8) is 0 Å². The Morgan fingerprint density at radius 3 is 2.52 bits per heavy atom. The fourth-order valence-electron chi connectivity index (χ4n) is 4.70. The Kier molecular flexibility index (Phi) is 4.61. The van der Waals surface area contributed by atoms with Crippen molar-refractivity contribution in [1.82, 2.24) is 34.6 Å². The summed E-state index contributed by atoms with van der Waals surface area (Å²) in [6.07, 6.45) is 9.94. The van der Waals surface area contributed by atoms with Crippen LogP contribution < -0.4 is 5.56 Å². The van der Waals surface area contributed by atoms with Crippen molar-refractivity contribution in [3.05, 3.63) is 46.2 Å². The van der Waals surface area contributed by atoms with Gasteiger partial charge in [-0.1, -0.05) is 0 Å². The normalized spacial score (nSPS) is 22.0. The van der Waals surface area contributed by atoms with Gasteiger partial charge in [-0.2, -0.15) is 5.10 Å². The Morgan fingerprint density at radius 2 is 1.81 bits per heavy atom. The Bertz CT molecular complexity index is 1140. The number of hydrogen-bond donors (Lipinski definition) is 1. The molecule has 0 spiro atoms. The molecule has 9 nitrogen and oxygen atoms in total. The molecule has 2 saturated heterocycles. The van der Waals surface area contributed by atoms with Gasteiger partial charge in [0.05, 0.1) is 18.3 Å². The first kappa shape index (κ1) is 19.1. The fraction of sp³-hybridized carbons (Fsp3) is 0.591. The van der Waals surface area contributed by atoms with Crippen molar-refractivity contribution < 1.29 is 4.74 Å². The largest absolute Gasteiger partial charge is 0.381 e. The third kappa shape index (κ3) is 3.45. The summed E-state index contributed by atoms with van der Waals surface area (Å²) in [7, 11) is 0. The van der Waals surface area contributed by atoms with Crippen LogP contribution in [0.25, 0.3) is 11.0 Å². The van der Waals surface area contributed by atoms with Crippen molar-refractivity contribution >= 4 is 11.0 Å². The number of ether oxygens (including phenoxy) is 1. The summed E-state index contributed by atoms with van der Waals surface area (Å²) in [6.45, 7) is 5.26. The van der Waals surface area contributed by atoms with Crippen LogP contribution in [0.1, 0.15) is 73.7 Å². The van der Waals surface area contributed by atoms with E-state index in [9.17, 15) is 4.79 Å². The predicted octanol–water partition coefficient (Wildman–Crippen LogP) is 2.30. The molecule has 0 radical (unpaired) electrons. The number of aromatic nitrogens is 6. The van der Waals surface area contributed by atoms with E-state index >= 15 is 0 Å². The lowest BCUT2D eigenvalue weighted by atomic mass is 9.96. The van der Waals surface area contributed by atoms with E-state index in [2.05, 4.69) is 31.9 Å². The van der Waals surface area contributed by atoms with E-state index in [0.29, 0.717) is 28.7 Å². The molecule has 3 fully saturated rings. The lowest BCUT2D eigenvalue weighted by molar-refractivity contribution is 0.0672. The molecule has 3 aliphatic rings. The molecule has 162 valence electrons. The summed E-state index contributed by atoms with van der Waals surface area (Å²) in [5, 5.41) is 5.03. The number of nitrogens with one attached hydrogen (secondary N) is 1. The predicted molar refractivity (Wildman–Crippen MR) is 114 cm³/mol. The van der Waals surface area contributed by atoms with Crippen molar-refractivity contribution in [2.24, 2.45) is 0 Å². The molecule has 1 N–H and O–H groups in total. The number of hydrogen-bond acceptors (Lipinski definition) is 7. The summed E-state index contributed by atoms with van der Waals surface area (Å²) in [6, 6.07) is 0.241. The van der Waals surface area contributed by atoms with Crippen LogP contribution in [0.5, 0.6) is 0 Å². The summed E-state index contributed by atoms with van der Waals surface area (Å²) in [5.41, 5.74) is 1.82. The van der Waals surface area contributed by atoms with Crippen molar-refractivity contribution in [3.8, 4) is 0 Å². The monoisotopic (exact) mass is 421 g/mol. The third-order valence-electron chi connectivity index (χ3n) is 6.98. The molecule has 31 heavy (non-hydrogen) atoms. The maximum absolute atomic E-state index is 12.7. The number of likely N-dealkylation sites (tertiary alicyclic amines) is 1. The van der Waals surface area contributed by atoms with Crippen LogP contribution in [0, 0.1) is 0 Å². The van der Waals surface area contributed by atoms with Crippen LogP contribution in [0.3, 0.4) is 0 Å². The van der Waals surface area contributed by atoms with Gasteiger partial charge in [-0.15, -0.1) is 0 Å². The molecule has 2 aliphatic heterocycles. The van der Waals surface area contributed by atoms with Crippen molar-refractivity contribution in [2.75, 3.05) is 26.3 Å². The average Bonchev–Trinajstić information content (AvgIpc) is 3.52. The summed E-state index contributed by atoms with van der Waals surface area (Å²) in [4.78, 5) is 32.0. The molecule has 1 atom stereocenters. The van der Waals surface area contributed by atoms with E-state index in [1.807, 2.05) is 17.1 Å². The molecular formula is C22H27N7O2. The molecule has 1 saturated carbocycles. The summed E-state index contributed by atoms with van der Waals surface area (Å²) in [5.74, 6) is 2.62. The number of nitrogens with zero attached hydrogens (tertiary/aromatic N) is 6. The topological polar surface area (TPSA) is 102 Å². The van der Waals surface area contributed by atoms with Gasteiger partial charge in [-0.3, -0.25) is 9.69 Å². The molecule has 6 rings (SSSR count). The third-order valence-corrected chi connectivity index (χ3v) is 6.98. The second-order valence-corrected chi connectivity index (χ2v) is 9.10. The molecule has 0 amide bonds. The van der Waals surface area contributed by atoms with E-state index < -0.39 is 0 Å². The molecule has 0 aromatic carbocycles. The maximum atomic E-state index is 12.7. The van der Waals surface area contributed by atoms with E-state index in [-0.39, 0.29) is 17.6 Å². The first-order chi connectivity index (χ1) is 15.2. The van der Waals surface area contributed by atoms with Gasteiger partial charge in [0.2, 0.25) is 0 Å². The van der Waals surface area contributed by atoms with Crippen LogP contribution >= 0.6 is 0 Å². The Labute approximate surface area is 179 Å². The van der Waals surface area contributed by atoms with Gasteiger partial charge in [0, 0.05) is 44.6 Å². The fourth-order valence-corrected chi connectivity index (χ4v) is 4.70. The molecule has 0 bridgehead atoms. The summed E-state index contributed by atoms with van der Waals surface area (Å²) < 4.78 is 7.38. The lowest BCUT2D eigenvalue weighted by Crippen LogP contribution is -2.47. The zero-order valence-electron chi connectivity index (χ0n) is 17.7. The van der Waals surface area contributed by atoms with Gasteiger partial charge in [-0.05, 0) is 44.1 Å². The number of aromatic amines is 1. The minimum Gasteiger partial charge on any atom is -0.381 e. The van der Waals surface area contributed by atoms with Gasteiger partial charge in [0.15, 0.2) is 5.65 Å². The number of H-pyrrole nitrogens is 1. The molecular weight excluding hydrogens is 394 g/mol. The molecule has 5 heterocycles. The maximum Gasteiger partial charge on any atom is 0.262 e. The van der Waals surface area contributed by atoms with Crippen molar-refractivity contribution in [1.29, 1.82) is 0 Å². The highest BCUT2D eigenvalue weighted by Gasteiger charge is 2.35. The average molecular weight is 422 g/mol. The molecule has 3 aromatic rings. The second-order valence-electron chi connectivity index (χ2n) is 9.10. The second kappa shape index (κ2) is 7.49. The Hall–Kier alpha value is -2.65. The molecule has 9 heteroatoms. The Morgan fingerprint density at radius 1 is 1.06 bits per heavy atom. The molecule has 1 aliphatic carbocycles. The number of fused-ring (bicyclic) bond motifs is 1. The number of rotatable bonds is 5. The van der Waals surface area contributed by atoms with Crippen LogP contribution in [-0.2, 0) is 4.74 Å². The first-order valence-electron chi connectivity index (χ1n) is 11.3. The van der Waals surface area contributed by atoms with Gasteiger partial charge >= 0.3 is 0 Å². The minimum atomic E-state index is -0.124. The Balaban J connectivity index is 1.19.